The van der Waals surface area contributed by atoms with Crippen LogP contribution in [0.4, 0.5) is 4.39 Å². The van der Waals surface area contributed by atoms with Gasteiger partial charge < -0.3 is 0 Å². The summed E-state index contributed by atoms with van der Waals surface area (Å²) in [6.45, 7) is 2.13. The minimum atomic E-state index is -0.478. The molecule has 0 atom stereocenters. The number of Topliss-reactive ketones (excluding diaryl/α,β-unsaturated/α-hetero) is 1. The molecule has 0 heterocycles. The van der Waals surface area contributed by atoms with Crippen molar-refractivity contribution in [1.82, 2.24) is 0 Å². The molecule has 0 aliphatic heterocycles. The summed E-state index contributed by atoms with van der Waals surface area (Å²) < 4.78 is 13.6. The van der Waals surface area contributed by atoms with Gasteiger partial charge in [-0.2, -0.15) is 0 Å². The van der Waals surface area contributed by atoms with Crippen LogP contribution in [0.5, 0.6) is 0 Å². The third-order valence-electron chi connectivity index (χ3n) is 3.56. The van der Waals surface area contributed by atoms with Crippen molar-refractivity contribution < 1.29 is 9.18 Å². The Labute approximate surface area is 104 Å². The smallest absolute Gasteiger partial charge is 0.190 e. The van der Waals surface area contributed by atoms with Crippen molar-refractivity contribution in [2.24, 2.45) is 5.92 Å². The van der Waals surface area contributed by atoms with E-state index in [1.807, 2.05) is 0 Å². The number of halogens is 1. The van der Waals surface area contributed by atoms with E-state index in [-0.39, 0.29) is 5.78 Å². The molecule has 0 spiro atoms. The second-order valence-corrected chi connectivity index (χ2v) is 5.15. The van der Waals surface area contributed by atoms with Gasteiger partial charge in [0.15, 0.2) is 11.6 Å². The second kappa shape index (κ2) is 8.43. The first-order valence-electron chi connectivity index (χ1n) is 7.14. The molecule has 0 aromatic carbocycles. The molecule has 0 aromatic heterocycles. The first kappa shape index (κ1) is 14.4. The van der Waals surface area contributed by atoms with Crippen molar-refractivity contribution >= 4 is 5.78 Å². The molecule has 0 amide bonds. The van der Waals surface area contributed by atoms with Crippen LogP contribution in [0.2, 0.25) is 0 Å². The first-order valence-corrected chi connectivity index (χ1v) is 7.14. The molecule has 98 valence electrons. The normalized spacial score (nSPS) is 18.4. The molecule has 17 heavy (non-hydrogen) atoms. The standard InChI is InChI=1S/C15H25FO/c1-2-3-4-8-11-15(17)14(16)12-13-9-6-5-7-10-13/h12-13H,2-11H2,1H3/b14-12+. The Bertz CT molecular complexity index is 252. The van der Waals surface area contributed by atoms with Crippen LogP contribution in [0.25, 0.3) is 0 Å². The molecular formula is C15H25FO. The molecule has 0 radical (unpaired) electrons. The second-order valence-electron chi connectivity index (χ2n) is 5.15. The Morgan fingerprint density at radius 3 is 2.53 bits per heavy atom. The van der Waals surface area contributed by atoms with Gasteiger partial charge in [0.1, 0.15) is 0 Å². The molecular weight excluding hydrogens is 215 g/mol. The van der Waals surface area contributed by atoms with Gasteiger partial charge in [0, 0.05) is 6.42 Å². The number of hydrogen-bond donors (Lipinski definition) is 0. The van der Waals surface area contributed by atoms with Gasteiger partial charge in [-0.1, -0.05) is 45.4 Å². The third kappa shape index (κ3) is 5.99. The molecule has 2 heteroatoms. The van der Waals surface area contributed by atoms with E-state index in [0.717, 1.165) is 38.5 Å². The number of allylic oxidation sites excluding steroid dienone is 2. The van der Waals surface area contributed by atoms with Gasteiger partial charge in [-0.25, -0.2) is 4.39 Å². The largest absolute Gasteiger partial charge is 0.292 e. The highest BCUT2D eigenvalue weighted by atomic mass is 19.1. The Morgan fingerprint density at radius 2 is 1.88 bits per heavy atom. The Balaban J connectivity index is 2.26. The van der Waals surface area contributed by atoms with Gasteiger partial charge in [-0.15, -0.1) is 0 Å². The van der Waals surface area contributed by atoms with Crippen molar-refractivity contribution in [3.63, 3.8) is 0 Å². The molecule has 1 fully saturated rings. The number of hydrogen-bond acceptors (Lipinski definition) is 1. The average Bonchev–Trinajstić information content (AvgIpc) is 2.35. The Morgan fingerprint density at radius 1 is 1.18 bits per heavy atom. The molecule has 0 aromatic rings. The summed E-state index contributed by atoms with van der Waals surface area (Å²) in [5.74, 6) is -0.455. The lowest BCUT2D eigenvalue weighted by molar-refractivity contribution is -0.117. The van der Waals surface area contributed by atoms with E-state index in [4.69, 9.17) is 0 Å². The molecule has 1 rings (SSSR count). The van der Waals surface area contributed by atoms with Gasteiger partial charge in [-0.3, -0.25) is 4.79 Å². The SMILES string of the molecule is CCCCCCC(=O)/C(F)=C\C1CCCCC1. The third-order valence-corrected chi connectivity index (χ3v) is 3.56. The lowest BCUT2D eigenvalue weighted by Crippen LogP contribution is -2.06. The molecule has 0 N–H and O–H groups in total. The predicted octanol–water partition coefficient (Wildman–Crippen LogP) is 4.96. The molecule has 0 unspecified atom stereocenters. The Hall–Kier alpha value is -0.660. The van der Waals surface area contributed by atoms with Gasteiger partial charge in [0.05, 0.1) is 0 Å². The summed E-state index contributed by atoms with van der Waals surface area (Å²) in [5.41, 5.74) is 0. The maximum Gasteiger partial charge on any atom is 0.190 e. The monoisotopic (exact) mass is 240 g/mol. The molecule has 1 nitrogen and oxygen atoms in total. The van der Waals surface area contributed by atoms with Crippen LogP contribution < -0.4 is 0 Å². The van der Waals surface area contributed by atoms with E-state index in [2.05, 4.69) is 6.92 Å². The summed E-state index contributed by atoms with van der Waals surface area (Å²) in [6, 6.07) is 0. The average molecular weight is 240 g/mol. The van der Waals surface area contributed by atoms with E-state index in [1.54, 1.807) is 6.08 Å². The lowest BCUT2D eigenvalue weighted by atomic mass is 9.88. The fourth-order valence-electron chi connectivity index (χ4n) is 2.43. The Kier molecular flexibility index (Phi) is 7.14. The van der Waals surface area contributed by atoms with Crippen molar-refractivity contribution in [3.05, 3.63) is 11.9 Å². The first-order chi connectivity index (χ1) is 8.24. The van der Waals surface area contributed by atoms with Gasteiger partial charge in [0.2, 0.25) is 0 Å². The van der Waals surface area contributed by atoms with Gasteiger partial charge in [-0.05, 0) is 31.3 Å². The zero-order valence-electron chi connectivity index (χ0n) is 11.0. The number of carbonyl (C=O) groups excluding carboxylic acids is 1. The summed E-state index contributed by atoms with van der Waals surface area (Å²) in [6.07, 6.45) is 11.9. The van der Waals surface area contributed by atoms with Crippen LogP contribution in [-0.4, -0.2) is 5.78 Å². The van der Waals surface area contributed by atoms with Gasteiger partial charge in [0.25, 0.3) is 0 Å². The highest BCUT2D eigenvalue weighted by Gasteiger charge is 2.15. The summed E-state index contributed by atoms with van der Waals surface area (Å²) in [5, 5.41) is 0. The van der Waals surface area contributed by atoms with Crippen LogP contribution in [0, 0.1) is 5.92 Å². The number of ketones is 1. The maximum atomic E-state index is 13.6. The number of carbonyl (C=O) groups is 1. The molecule has 0 saturated heterocycles. The fourth-order valence-corrected chi connectivity index (χ4v) is 2.43. The quantitative estimate of drug-likeness (QED) is 0.454. The van der Waals surface area contributed by atoms with Crippen LogP contribution in [-0.2, 0) is 4.79 Å². The predicted molar refractivity (Wildman–Crippen MR) is 69.5 cm³/mol. The van der Waals surface area contributed by atoms with Crippen LogP contribution >= 0.6 is 0 Å². The van der Waals surface area contributed by atoms with E-state index in [1.165, 1.54) is 19.3 Å². The number of rotatable bonds is 7. The fraction of sp³-hybridized carbons (Fsp3) is 0.800. The highest BCUT2D eigenvalue weighted by molar-refractivity contribution is 5.93. The highest BCUT2D eigenvalue weighted by Crippen LogP contribution is 2.26. The zero-order chi connectivity index (χ0) is 12.5. The maximum absolute atomic E-state index is 13.6. The van der Waals surface area contributed by atoms with Gasteiger partial charge >= 0.3 is 0 Å². The van der Waals surface area contributed by atoms with E-state index >= 15 is 0 Å². The zero-order valence-corrected chi connectivity index (χ0v) is 11.0. The molecule has 1 saturated carbocycles. The van der Waals surface area contributed by atoms with E-state index < -0.39 is 5.83 Å². The van der Waals surface area contributed by atoms with Crippen LogP contribution in [0.15, 0.2) is 11.9 Å². The van der Waals surface area contributed by atoms with Crippen molar-refractivity contribution in [1.29, 1.82) is 0 Å². The molecule has 1 aliphatic carbocycles. The van der Waals surface area contributed by atoms with Crippen molar-refractivity contribution in [3.8, 4) is 0 Å². The van der Waals surface area contributed by atoms with E-state index in [0.29, 0.717) is 12.3 Å². The van der Waals surface area contributed by atoms with Crippen LogP contribution in [0.1, 0.15) is 71.1 Å². The lowest BCUT2D eigenvalue weighted by Gasteiger charge is -2.17. The van der Waals surface area contributed by atoms with Crippen LogP contribution in [0.3, 0.4) is 0 Å². The summed E-state index contributed by atoms with van der Waals surface area (Å²) in [7, 11) is 0. The number of unbranched alkanes of at least 4 members (excludes halogenated alkanes) is 3. The molecule has 1 aliphatic rings. The summed E-state index contributed by atoms with van der Waals surface area (Å²) >= 11 is 0. The summed E-state index contributed by atoms with van der Waals surface area (Å²) in [4.78, 5) is 11.5. The minimum absolute atomic E-state index is 0.285. The molecule has 0 bridgehead atoms. The topological polar surface area (TPSA) is 17.1 Å². The van der Waals surface area contributed by atoms with E-state index in [9.17, 15) is 9.18 Å². The van der Waals surface area contributed by atoms with Crippen molar-refractivity contribution in [2.75, 3.05) is 0 Å². The van der Waals surface area contributed by atoms with Crippen molar-refractivity contribution in [2.45, 2.75) is 71.1 Å². The minimum Gasteiger partial charge on any atom is -0.292 e.